The van der Waals surface area contributed by atoms with Crippen molar-refractivity contribution in [3.63, 3.8) is 0 Å². The van der Waals surface area contributed by atoms with Crippen LogP contribution >= 0.6 is 24.8 Å². The van der Waals surface area contributed by atoms with Gasteiger partial charge in [-0.3, -0.25) is 4.90 Å². The van der Waals surface area contributed by atoms with Gasteiger partial charge in [-0.2, -0.15) is 5.26 Å². The van der Waals surface area contributed by atoms with Crippen LogP contribution in [0.3, 0.4) is 0 Å². The molecule has 2 heterocycles. The zero-order valence-electron chi connectivity index (χ0n) is 11.7. The summed E-state index contributed by atoms with van der Waals surface area (Å²) in [7, 11) is 0. The fraction of sp³-hybridized carbons (Fsp3) is 0.400. The van der Waals surface area contributed by atoms with Gasteiger partial charge in [0.1, 0.15) is 0 Å². The monoisotopic (exact) mass is 326 g/mol. The molecule has 2 N–H and O–H groups in total. The topological polar surface area (TPSA) is 54.9 Å². The van der Waals surface area contributed by atoms with E-state index in [1.165, 1.54) is 10.9 Å². The van der Waals surface area contributed by atoms with Crippen LogP contribution in [0.2, 0.25) is 0 Å². The summed E-state index contributed by atoms with van der Waals surface area (Å²) in [6.07, 6.45) is 2.51. The maximum atomic E-state index is 9.15. The van der Waals surface area contributed by atoms with Crippen LogP contribution in [0, 0.1) is 11.3 Å². The molecule has 1 aliphatic rings. The van der Waals surface area contributed by atoms with Crippen molar-refractivity contribution >= 4 is 35.7 Å². The lowest BCUT2D eigenvalue weighted by molar-refractivity contribution is 0.176. The molecule has 3 rings (SSSR count). The first kappa shape index (κ1) is 17.8. The van der Waals surface area contributed by atoms with Gasteiger partial charge in [0, 0.05) is 49.3 Å². The van der Waals surface area contributed by atoms with Crippen molar-refractivity contribution < 1.29 is 0 Å². The van der Waals surface area contributed by atoms with Crippen LogP contribution in [0.5, 0.6) is 0 Å². The zero-order valence-corrected chi connectivity index (χ0v) is 13.3. The highest BCUT2D eigenvalue weighted by Gasteiger charge is 2.23. The van der Waals surface area contributed by atoms with Gasteiger partial charge in [-0.15, -0.1) is 24.8 Å². The Balaban J connectivity index is 0.00000110. The molecule has 1 atom stereocenters. The lowest BCUT2D eigenvalue weighted by atomic mass is 9.98. The number of nitriles is 1. The smallest absolute Gasteiger partial charge is 0.0641 e. The Labute approximate surface area is 137 Å². The van der Waals surface area contributed by atoms with Gasteiger partial charge < -0.3 is 10.3 Å². The highest BCUT2D eigenvalue weighted by Crippen LogP contribution is 2.30. The summed E-state index contributed by atoms with van der Waals surface area (Å²) in [6, 6.07) is 11.0. The van der Waals surface area contributed by atoms with E-state index in [0.717, 1.165) is 31.7 Å². The minimum absolute atomic E-state index is 0. The lowest BCUT2D eigenvalue weighted by Crippen LogP contribution is -2.45. The third-order valence-corrected chi connectivity index (χ3v) is 3.86. The number of nitrogens with one attached hydrogen (secondary N) is 2. The maximum absolute atomic E-state index is 9.15. The molecule has 1 aliphatic heterocycles. The molecule has 2 aromatic rings. The van der Waals surface area contributed by atoms with Gasteiger partial charge in [0.25, 0.3) is 0 Å². The third kappa shape index (κ3) is 3.69. The van der Waals surface area contributed by atoms with E-state index in [1.807, 2.05) is 6.20 Å². The van der Waals surface area contributed by atoms with Gasteiger partial charge in [-0.25, -0.2) is 0 Å². The normalized spacial score (nSPS) is 16.5. The Morgan fingerprint density at radius 3 is 2.67 bits per heavy atom. The Kier molecular flexibility index (Phi) is 7.00. The van der Waals surface area contributed by atoms with E-state index in [2.05, 4.69) is 45.5 Å². The minimum atomic E-state index is 0. The summed E-state index contributed by atoms with van der Waals surface area (Å²) >= 11 is 0. The molecule has 0 saturated carbocycles. The molecule has 21 heavy (non-hydrogen) atoms. The Morgan fingerprint density at radius 2 is 1.95 bits per heavy atom. The Morgan fingerprint density at radius 1 is 1.19 bits per heavy atom. The predicted molar refractivity (Wildman–Crippen MR) is 90.2 cm³/mol. The fourth-order valence-electron chi connectivity index (χ4n) is 2.92. The fourth-order valence-corrected chi connectivity index (χ4v) is 2.92. The second-order valence-electron chi connectivity index (χ2n) is 4.95. The van der Waals surface area contributed by atoms with Gasteiger partial charge in [0.05, 0.1) is 12.5 Å². The second kappa shape index (κ2) is 8.26. The SMILES string of the molecule is Cl.Cl.N#CC[C@@H](c1cccc2[nH]ccc12)N1CCNCC1. The second-order valence-corrected chi connectivity index (χ2v) is 4.95. The molecule has 1 fully saturated rings. The van der Waals surface area contributed by atoms with E-state index in [-0.39, 0.29) is 30.9 Å². The molecule has 1 saturated heterocycles. The molecule has 0 radical (unpaired) electrons. The quantitative estimate of drug-likeness (QED) is 0.911. The molecule has 0 unspecified atom stereocenters. The van der Waals surface area contributed by atoms with Crippen LogP contribution in [0.4, 0.5) is 0 Å². The van der Waals surface area contributed by atoms with Crippen LogP contribution in [0.1, 0.15) is 18.0 Å². The summed E-state index contributed by atoms with van der Waals surface area (Å²) in [5.41, 5.74) is 2.41. The van der Waals surface area contributed by atoms with Crippen LogP contribution in [-0.4, -0.2) is 36.1 Å². The summed E-state index contributed by atoms with van der Waals surface area (Å²) in [4.78, 5) is 5.66. The van der Waals surface area contributed by atoms with E-state index < -0.39 is 0 Å². The van der Waals surface area contributed by atoms with Crippen LogP contribution < -0.4 is 5.32 Å². The molecule has 0 spiro atoms. The van der Waals surface area contributed by atoms with Gasteiger partial charge in [-0.05, 0) is 17.7 Å². The number of hydrogen-bond donors (Lipinski definition) is 2. The number of halogens is 2. The number of H-pyrrole nitrogens is 1. The first-order valence-electron chi connectivity index (χ1n) is 6.78. The predicted octanol–water partition coefficient (Wildman–Crippen LogP) is 2.87. The van der Waals surface area contributed by atoms with Crippen molar-refractivity contribution in [2.75, 3.05) is 26.2 Å². The van der Waals surface area contributed by atoms with E-state index in [0.29, 0.717) is 6.42 Å². The molecule has 6 heteroatoms. The average molecular weight is 327 g/mol. The van der Waals surface area contributed by atoms with Crippen molar-refractivity contribution in [1.82, 2.24) is 15.2 Å². The largest absolute Gasteiger partial charge is 0.361 e. The third-order valence-electron chi connectivity index (χ3n) is 3.86. The van der Waals surface area contributed by atoms with Crippen molar-refractivity contribution in [1.29, 1.82) is 5.26 Å². The van der Waals surface area contributed by atoms with Gasteiger partial charge in [0.2, 0.25) is 0 Å². The highest BCUT2D eigenvalue weighted by atomic mass is 35.5. The number of hydrogen-bond acceptors (Lipinski definition) is 3. The van der Waals surface area contributed by atoms with Gasteiger partial charge >= 0.3 is 0 Å². The van der Waals surface area contributed by atoms with Crippen molar-refractivity contribution in [2.24, 2.45) is 0 Å². The summed E-state index contributed by atoms with van der Waals surface area (Å²) in [5, 5.41) is 13.8. The number of rotatable bonds is 3. The first-order chi connectivity index (χ1) is 9.40. The maximum Gasteiger partial charge on any atom is 0.0641 e. The molecule has 0 bridgehead atoms. The molecule has 114 valence electrons. The molecular weight excluding hydrogens is 307 g/mol. The van der Waals surface area contributed by atoms with Crippen LogP contribution in [0.25, 0.3) is 10.9 Å². The van der Waals surface area contributed by atoms with Crippen LogP contribution in [-0.2, 0) is 0 Å². The van der Waals surface area contributed by atoms with Gasteiger partial charge in [0.15, 0.2) is 0 Å². The number of nitrogens with zero attached hydrogens (tertiary/aromatic N) is 2. The standard InChI is InChI=1S/C15H18N4.2ClH/c16-6-4-15(19-10-8-17-9-11-19)13-2-1-3-14-12(13)5-7-18-14;;/h1-3,5,7,15,17-18H,4,8-11H2;2*1H/t15-;;/m0../s1. The Bertz CT molecular complexity index is 599. The van der Waals surface area contributed by atoms with Crippen molar-refractivity contribution in [3.8, 4) is 6.07 Å². The van der Waals surface area contributed by atoms with E-state index in [1.54, 1.807) is 0 Å². The number of piperazine rings is 1. The molecule has 1 aromatic heterocycles. The molecule has 0 aliphatic carbocycles. The molecule has 4 nitrogen and oxygen atoms in total. The summed E-state index contributed by atoms with van der Waals surface area (Å²) in [5.74, 6) is 0. The number of aromatic amines is 1. The Hall–Kier alpha value is -1.25. The average Bonchev–Trinajstić information content (AvgIpc) is 2.94. The van der Waals surface area contributed by atoms with Crippen molar-refractivity contribution in [3.05, 3.63) is 36.0 Å². The van der Waals surface area contributed by atoms with Crippen molar-refractivity contribution in [2.45, 2.75) is 12.5 Å². The number of benzene rings is 1. The van der Waals surface area contributed by atoms with E-state index >= 15 is 0 Å². The lowest BCUT2D eigenvalue weighted by Gasteiger charge is -2.34. The molecular formula is C15H20Cl2N4. The summed E-state index contributed by atoms with van der Waals surface area (Å²) < 4.78 is 0. The first-order valence-corrected chi connectivity index (χ1v) is 6.78. The van der Waals surface area contributed by atoms with E-state index in [4.69, 9.17) is 5.26 Å². The highest BCUT2D eigenvalue weighted by molar-refractivity contribution is 5.85. The minimum Gasteiger partial charge on any atom is -0.361 e. The number of fused-ring (bicyclic) bond motifs is 1. The molecule has 0 amide bonds. The molecule has 1 aromatic carbocycles. The summed E-state index contributed by atoms with van der Waals surface area (Å²) in [6.45, 7) is 4.02. The van der Waals surface area contributed by atoms with Gasteiger partial charge in [-0.1, -0.05) is 12.1 Å². The zero-order chi connectivity index (χ0) is 13.1. The van der Waals surface area contributed by atoms with E-state index in [9.17, 15) is 0 Å². The van der Waals surface area contributed by atoms with Crippen LogP contribution in [0.15, 0.2) is 30.5 Å². The number of aromatic nitrogens is 1.